The van der Waals surface area contributed by atoms with Crippen LogP contribution in [-0.2, 0) is 6.42 Å². The molecule has 0 heterocycles. The topological polar surface area (TPSA) is 12.0 Å². The molecule has 0 amide bonds. The van der Waals surface area contributed by atoms with E-state index in [0.29, 0.717) is 0 Å². The lowest BCUT2D eigenvalue weighted by atomic mass is 9.95. The van der Waals surface area contributed by atoms with E-state index < -0.39 is 0 Å². The molecule has 19 heavy (non-hydrogen) atoms. The molecule has 0 aliphatic rings. The highest BCUT2D eigenvalue weighted by Gasteiger charge is 2.14. The summed E-state index contributed by atoms with van der Waals surface area (Å²) in [7, 11) is 0. The maximum Gasteiger partial charge on any atom is 0.123 e. The van der Waals surface area contributed by atoms with Crippen LogP contribution in [0.3, 0.4) is 0 Å². The number of likely N-dealkylation sites (N-methyl/N-ethyl adjacent to an activating group) is 1. The molecule has 2 rings (SSSR count). The lowest BCUT2D eigenvalue weighted by Gasteiger charge is -2.20. The third-order valence-electron chi connectivity index (χ3n) is 3.35. The van der Waals surface area contributed by atoms with E-state index in [-0.39, 0.29) is 11.9 Å². The molecule has 0 saturated heterocycles. The van der Waals surface area contributed by atoms with Gasteiger partial charge in [0.2, 0.25) is 0 Å². The normalized spacial score (nSPS) is 12.4. The first kappa shape index (κ1) is 13.8. The Bertz CT molecular complexity index is 522. The van der Waals surface area contributed by atoms with Crippen molar-refractivity contribution < 1.29 is 4.39 Å². The minimum atomic E-state index is -0.170. The number of benzene rings is 2. The van der Waals surface area contributed by atoms with E-state index in [1.807, 2.05) is 31.2 Å². The van der Waals surface area contributed by atoms with E-state index in [9.17, 15) is 4.39 Å². The fourth-order valence-electron chi connectivity index (χ4n) is 2.38. The van der Waals surface area contributed by atoms with E-state index >= 15 is 0 Å². The van der Waals surface area contributed by atoms with Gasteiger partial charge < -0.3 is 5.32 Å². The van der Waals surface area contributed by atoms with Crippen molar-refractivity contribution in [3.8, 4) is 0 Å². The standard InChI is InChI=1S/C17H20FN/c1-3-19-17(11-14-7-5-4-6-8-14)16-12-15(18)10-9-13(16)2/h4-10,12,17,19H,3,11H2,1-2H3. The largest absolute Gasteiger partial charge is 0.310 e. The Kier molecular flexibility index (Phi) is 4.69. The Labute approximate surface area is 114 Å². The fraction of sp³-hybridized carbons (Fsp3) is 0.294. The molecule has 0 radical (unpaired) electrons. The average Bonchev–Trinajstić information content (AvgIpc) is 2.42. The Balaban J connectivity index is 2.27. The summed E-state index contributed by atoms with van der Waals surface area (Å²) >= 11 is 0. The maximum atomic E-state index is 13.5. The summed E-state index contributed by atoms with van der Waals surface area (Å²) in [6.07, 6.45) is 0.874. The van der Waals surface area contributed by atoms with Crippen molar-refractivity contribution in [2.24, 2.45) is 0 Å². The SMILES string of the molecule is CCNC(Cc1ccccc1)c1cc(F)ccc1C. The summed E-state index contributed by atoms with van der Waals surface area (Å²) in [5, 5.41) is 3.45. The summed E-state index contributed by atoms with van der Waals surface area (Å²) in [5.74, 6) is -0.170. The number of hydrogen-bond acceptors (Lipinski definition) is 1. The van der Waals surface area contributed by atoms with Crippen molar-refractivity contribution in [2.75, 3.05) is 6.54 Å². The van der Waals surface area contributed by atoms with Crippen molar-refractivity contribution >= 4 is 0 Å². The fourth-order valence-corrected chi connectivity index (χ4v) is 2.38. The Hall–Kier alpha value is -1.67. The van der Waals surface area contributed by atoms with Gasteiger partial charge in [0.15, 0.2) is 0 Å². The van der Waals surface area contributed by atoms with E-state index in [1.165, 1.54) is 11.6 Å². The van der Waals surface area contributed by atoms with Gasteiger partial charge in [0.25, 0.3) is 0 Å². The predicted molar refractivity (Wildman–Crippen MR) is 77.7 cm³/mol. The summed E-state index contributed by atoms with van der Waals surface area (Å²) in [6.45, 7) is 4.98. The Morgan fingerprint density at radius 2 is 1.84 bits per heavy atom. The van der Waals surface area contributed by atoms with Crippen LogP contribution in [0.2, 0.25) is 0 Å². The van der Waals surface area contributed by atoms with Gasteiger partial charge in [0.1, 0.15) is 5.82 Å². The van der Waals surface area contributed by atoms with Gasteiger partial charge in [-0.15, -0.1) is 0 Å². The quantitative estimate of drug-likeness (QED) is 0.852. The molecule has 0 fully saturated rings. The van der Waals surface area contributed by atoms with E-state index in [1.54, 1.807) is 6.07 Å². The van der Waals surface area contributed by atoms with Gasteiger partial charge in [-0.2, -0.15) is 0 Å². The summed E-state index contributed by atoms with van der Waals surface area (Å²) in [6, 6.07) is 15.5. The number of rotatable bonds is 5. The lowest BCUT2D eigenvalue weighted by Crippen LogP contribution is -2.23. The van der Waals surface area contributed by atoms with Gasteiger partial charge in [-0.05, 0) is 48.7 Å². The van der Waals surface area contributed by atoms with Crippen LogP contribution in [0.25, 0.3) is 0 Å². The first-order chi connectivity index (χ1) is 9.20. The first-order valence-corrected chi connectivity index (χ1v) is 6.74. The number of nitrogens with one attached hydrogen (secondary N) is 1. The lowest BCUT2D eigenvalue weighted by molar-refractivity contribution is 0.540. The highest BCUT2D eigenvalue weighted by atomic mass is 19.1. The van der Waals surface area contributed by atoms with Crippen molar-refractivity contribution in [3.05, 3.63) is 71.0 Å². The highest BCUT2D eigenvalue weighted by molar-refractivity contribution is 5.31. The Morgan fingerprint density at radius 3 is 2.53 bits per heavy atom. The van der Waals surface area contributed by atoms with Crippen LogP contribution < -0.4 is 5.32 Å². The first-order valence-electron chi connectivity index (χ1n) is 6.74. The second-order valence-corrected chi connectivity index (χ2v) is 4.80. The highest BCUT2D eigenvalue weighted by Crippen LogP contribution is 2.22. The van der Waals surface area contributed by atoms with E-state index in [2.05, 4.69) is 24.4 Å². The molecular formula is C17H20FN. The molecule has 1 atom stereocenters. The molecule has 100 valence electrons. The van der Waals surface area contributed by atoms with Crippen molar-refractivity contribution in [3.63, 3.8) is 0 Å². The zero-order valence-electron chi connectivity index (χ0n) is 11.5. The smallest absolute Gasteiger partial charge is 0.123 e. The van der Waals surface area contributed by atoms with Crippen LogP contribution >= 0.6 is 0 Å². The van der Waals surface area contributed by atoms with Gasteiger partial charge in [0.05, 0.1) is 0 Å². The molecule has 2 aromatic rings. The molecule has 0 bridgehead atoms. The van der Waals surface area contributed by atoms with Gasteiger partial charge in [-0.3, -0.25) is 0 Å². The zero-order chi connectivity index (χ0) is 13.7. The minimum absolute atomic E-state index is 0.156. The molecule has 0 aromatic heterocycles. The molecule has 0 aliphatic heterocycles. The zero-order valence-corrected chi connectivity index (χ0v) is 11.5. The van der Waals surface area contributed by atoms with Gasteiger partial charge in [-0.1, -0.05) is 43.3 Å². The van der Waals surface area contributed by atoms with Crippen molar-refractivity contribution in [1.82, 2.24) is 5.32 Å². The molecule has 1 nitrogen and oxygen atoms in total. The molecular weight excluding hydrogens is 237 g/mol. The van der Waals surface area contributed by atoms with Gasteiger partial charge in [-0.25, -0.2) is 4.39 Å². The average molecular weight is 257 g/mol. The van der Waals surface area contributed by atoms with Crippen LogP contribution in [0, 0.1) is 12.7 Å². The molecule has 2 aromatic carbocycles. The third kappa shape index (κ3) is 3.65. The Morgan fingerprint density at radius 1 is 1.11 bits per heavy atom. The second-order valence-electron chi connectivity index (χ2n) is 4.80. The molecule has 2 heteroatoms. The molecule has 0 saturated carbocycles. The van der Waals surface area contributed by atoms with Crippen LogP contribution in [0.4, 0.5) is 4.39 Å². The van der Waals surface area contributed by atoms with Gasteiger partial charge >= 0.3 is 0 Å². The summed E-state index contributed by atoms with van der Waals surface area (Å²) in [5.41, 5.74) is 3.44. The van der Waals surface area contributed by atoms with Crippen LogP contribution in [-0.4, -0.2) is 6.54 Å². The summed E-state index contributed by atoms with van der Waals surface area (Å²) < 4.78 is 13.5. The molecule has 1 unspecified atom stereocenters. The number of hydrogen-bond donors (Lipinski definition) is 1. The van der Waals surface area contributed by atoms with E-state index in [0.717, 1.165) is 24.1 Å². The van der Waals surface area contributed by atoms with E-state index in [4.69, 9.17) is 0 Å². The number of aryl methyl sites for hydroxylation is 1. The monoisotopic (exact) mass is 257 g/mol. The number of halogens is 1. The molecule has 1 N–H and O–H groups in total. The predicted octanol–water partition coefficient (Wildman–Crippen LogP) is 4.03. The third-order valence-corrected chi connectivity index (χ3v) is 3.35. The van der Waals surface area contributed by atoms with Crippen LogP contribution in [0.1, 0.15) is 29.7 Å². The van der Waals surface area contributed by atoms with Crippen LogP contribution in [0.5, 0.6) is 0 Å². The van der Waals surface area contributed by atoms with Crippen LogP contribution in [0.15, 0.2) is 48.5 Å². The van der Waals surface area contributed by atoms with Crippen molar-refractivity contribution in [2.45, 2.75) is 26.3 Å². The minimum Gasteiger partial charge on any atom is -0.310 e. The van der Waals surface area contributed by atoms with Crippen molar-refractivity contribution in [1.29, 1.82) is 0 Å². The molecule has 0 aliphatic carbocycles. The molecule has 0 spiro atoms. The van der Waals surface area contributed by atoms with Gasteiger partial charge in [0, 0.05) is 6.04 Å². The summed E-state index contributed by atoms with van der Waals surface area (Å²) in [4.78, 5) is 0. The maximum absolute atomic E-state index is 13.5. The second kappa shape index (κ2) is 6.48.